The van der Waals surface area contributed by atoms with Crippen LogP contribution < -0.4 is 5.73 Å². The first kappa shape index (κ1) is 20.3. The maximum Gasteiger partial charge on any atom is 0.410 e. The van der Waals surface area contributed by atoms with Crippen LogP contribution in [0.15, 0.2) is 0 Å². The standard InChI is InChI=1S/C18H31N3O3.ClH/c1-3-13(4-2)11-21-12-18(24-17(21)23)7-9-20(10-8-18)16(22)15(19)14-5-6-14;/h13-15H,3-12,19H2,1-2H3;1H/t15-;/m0./s1. The second-order valence-corrected chi connectivity index (χ2v) is 7.80. The summed E-state index contributed by atoms with van der Waals surface area (Å²) < 4.78 is 5.76. The van der Waals surface area contributed by atoms with Crippen LogP contribution in [0.2, 0.25) is 0 Å². The molecule has 1 saturated carbocycles. The molecule has 1 spiro atoms. The number of carbonyl (C=O) groups excluding carboxylic acids is 2. The van der Waals surface area contributed by atoms with E-state index >= 15 is 0 Å². The lowest BCUT2D eigenvalue weighted by molar-refractivity contribution is -0.136. The Morgan fingerprint density at radius 2 is 1.88 bits per heavy atom. The van der Waals surface area contributed by atoms with E-state index in [1.807, 2.05) is 9.80 Å². The van der Waals surface area contributed by atoms with Crippen LogP contribution in [0.25, 0.3) is 0 Å². The minimum Gasteiger partial charge on any atom is -0.441 e. The van der Waals surface area contributed by atoms with Gasteiger partial charge in [0.2, 0.25) is 5.91 Å². The van der Waals surface area contributed by atoms with Crippen LogP contribution in [0.4, 0.5) is 4.79 Å². The number of hydrogen-bond donors (Lipinski definition) is 1. The first-order valence-corrected chi connectivity index (χ1v) is 9.50. The molecule has 25 heavy (non-hydrogen) atoms. The molecule has 3 rings (SSSR count). The van der Waals surface area contributed by atoms with Gasteiger partial charge in [-0.15, -0.1) is 12.4 Å². The van der Waals surface area contributed by atoms with E-state index in [9.17, 15) is 9.59 Å². The highest BCUT2D eigenvalue weighted by molar-refractivity contribution is 5.85. The first-order valence-electron chi connectivity index (χ1n) is 9.50. The van der Waals surface area contributed by atoms with Gasteiger partial charge in [-0.2, -0.15) is 0 Å². The molecule has 1 aliphatic carbocycles. The monoisotopic (exact) mass is 373 g/mol. The molecule has 2 amide bonds. The van der Waals surface area contributed by atoms with Gasteiger partial charge in [-0.05, 0) is 24.7 Å². The second kappa shape index (κ2) is 8.12. The van der Waals surface area contributed by atoms with Gasteiger partial charge in [0.15, 0.2) is 0 Å². The normalized spacial score (nSPS) is 23.6. The van der Waals surface area contributed by atoms with Gasteiger partial charge in [0.05, 0.1) is 12.6 Å². The van der Waals surface area contributed by atoms with Gasteiger partial charge < -0.3 is 20.3 Å². The van der Waals surface area contributed by atoms with Crippen molar-refractivity contribution in [2.45, 2.75) is 64.0 Å². The van der Waals surface area contributed by atoms with Crippen LogP contribution in [-0.4, -0.2) is 59.6 Å². The molecule has 0 aromatic carbocycles. The van der Waals surface area contributed by atoms with Crippen LogP contribution in [0.3, 0.4) is 0 Å². The Morgan fingerprint density at radius 1 is 1.28 bits per heavy atom. The summed E-state index contributed by atoms with van der Waals surface area (Å²) in [6.45, 7) is 7.07. The third kappa shape index (κ3) is 4.40. The van der Waals surface area contributed by atoms with Crippen molar-refractivity contribution in [2.24, 2.45) is 17.6 Å². The van der Waals surface area contributed by atoms with Crippen molar-refractivity contribution in [2.75, 3.05) is 26.2 Å². The van der Waals surface area contributed by atoms with E-state index in [1.165, 1.54) is 0 Å². The van der Waals surface area contributed by atoms with Gasteiger partial charge in [0, 0.05) is 32.5 Å². The lowest BCUT2D eigenvalue weighted by Gasteiger charge is -2.38. The Balaban J connectivity index is 0.00000225. The number of carbonyl (C=O) groups is 2. The van der Waals surface area contributed by atoms with Crippen LogP contribution >= 0.6 is 12.4 Å². The number of piperidine rings is 1. The van der Waals surface area contributed by atoms with Crippen molar-refractivity contribution in [3.8, 4) is 0 Å². The van der Waals surface area contributed by atoms with E-state index in [4.69, 9.17) is 10.5 Å². The molecular formula is C18H32ClN3O3. The number of nitrogens with two attached hydrogens (primary N) is 1. The molecule has 7 heteroatoms. The number of ether oxygens (including phenoxy) is 1. The number of rotatable bonds is 6. The lowest BCUT2D eigenvalue weighted by Crippen LogP contribution is -2.53. The molecule has 2 aliphatic heterocycles. The fourth-order valence-electron chi connectivity index (χ4n) is 3.95. The summed E-state index contributed by atoms with van der Waals surface area (Å²) in [6.07, 6.45) is 5.57. The summed E-state index contributed by atoms with van der Waals surface area (Å²) in [5.41, 5.74) is 5.64. The second-order valence-electron chi connectivity index (χ2n) is 7.80. The maximum absolute atomic E-state index is 12.4. The molecule has 6 nitrogen and oxygen atoms in total. The molecule has 3 aliphatic rings. The Hall–Kier alpha value is -1.01. The molecule has 0 aromatic heterocycles. The quantitative estimate of drug-likeness (QED) is 0.775. The van der Waals surface area contributed by atoms with Gasteiger partial charge in [-0.1, -0.05) is 26.7 Å². The van der Waals surface area contributed by atoms with Crippen molar-refractivity contribution in [1.29, 1.82) is 0 Å². The predicted molar refractivity (Wildman–Crippen MR) is 98.6 cm³/mol. The summed E-state index contributed by atoms with van der Waals surface area (Å²) in [6, 6.07) is -0.337. The molecule has 0 radical (unpaired) electrons. The van der Waals surface area contributed by atoms with E-state index in [-0.39, 0.29) is 30.4 Å². The molecular weight excluding hydrogens is 342 g/mol. The summed E-state index contributed by atoms with van der Waals surface area (Å²) in [5.74, 6) is 0.990. The van der Waals surface area contributed by atoms with Crippen molar-refractivity contribution in [3.63, 3.8) is 0 Å². The molecule has 2 heterocycles. The Morgan fingerprint density at radius 3 is 2.40 bits per heavy atom. The molecule has 144 valence electrons. The van der Waals surface area contributed by atoms with Crippen LogP contribution in [0.5, 0.6) is 0 Å². The summed E-state index contributed by atoms with van der Waals surface area (Å²) >= 11 is 0. The Bertz CT molecular complexity index is 486. The number of halogens is 1. The minimum atomic E-state index is -0.399. The van der Waals surface area contributed by atoms with Crippen molar-refractivity contribution < 1.29 is 14.3 Å². The number of likely N-dealkylation sites (tertiary alicyclic amines) is 1. The zero-order chi connectivity index (χ0) is 17.3. The average molecular weight is 374 g/mol. The van der Waals surface area contributed by atoms with Crippen LogP contribution in [-0.2, 0) is 9.53 Å². The van der Waals surface area contributed by atoms with E-state index < -0.39 is 5.60 Å². The van der Waals surface area contributed by atoms with Crippen molar-refractivity contribution in [1.82, 2.24) is 9.80 Å². The zero-order valence-corrected chi connectivity index (χ0v) is 16.2. The zero-order valence-electron chi connectivity index (χ0n) is 15.4. The molecule has 3 fully saturated rings. The van der Waals surface area contributed by atoms with Gasteiger partial charge in [0.25, 0.3) is 0 Å². The van der Waals surface area contributed by atoms with E-state index in [0.29, 0.717) is 31.5 Å². The van der Waals surface area contributed by atoms with Gasteiger partial charge in [0.1, 0.15) is 5.60 Å². The fourth-order valence-corrected chi connectivity index (χ4v) is 3.95. The predicted octanol–water partition coefficient (Wildman–Crippen LogP) is 2.40. The highest BCUT2D eigenvalue weighted by Crippen LogP contribution is 2.36. The summed E-state index contributed by atoms with van der Waals surface area (Å²) in [7, 11) is 0. The van der Waals surface area contributed by atoms with E-state index in [2.05, 4.69) is 13.8 Å². The Labute approximate surface area is 156 Å². The fraction of sp³-hybridized carbons (Fsp3) is 0.889. The molecule has 0 aromatic rings. The minimum absolute atomic E-state index is 0. The average Bonchev–Trinajstić information content (AvgIpc) is 3.38. The molecule has 0 bridgehead atoms. The SMILES string of the molecule is CCC(CC)CN1CC2(CCN(C(=O)[C@@H](N)C3CC3)CC2)OC1=O.Cl. The van der Waals surface area contributed by atoms with Gasteiger partial charge in [-0.25, -0.2) is 4.79 Å². The molecule has 1 atom stereocenters. The maximum atomic E-state index is 12.4. The number of nitrogens with zero attached hydrogens (tertiary/aromatic N) is 2. The number of hydrogen-bond acceptors (Lipinski definition) is 4. The lowest BCUT2D eigenvalue weighted by atomic mass is 9.90. The van der Waals surface area contributed by atoms with Crippen molar-refractivity contribution in [3.05, 3.63) is 0 Å². The topological polar surface area (TPSA) is 75.9 Å². The highest BCUT2D eigenvalue weighted by atomic mass is 35.5. The number of amides is 2. The highest BCUT2D eigenvalue weighted by Gasteiger charge is 2.48. The largest absolute Gasteiger partial charge is 0.441 e. The first-order chi connectivity index (χ1) is 11.5. The van der Waals surface area contributed by atoms with E-state index in [0.717, 1.165) is 45.1 Å². The molecule has 2 N–H and O–H groups in total. The third-order valence-corrected chi connectivity index (χ3v) is 6.08. The van der Waals surface area contributed by atoms with Crippen LogP contribution in [0.1, 0.15) is 52.4 Å². The third-order valence-electron chi connectivity index (χ3n) is 6.08. The molecule has 2 saturated heterocycles. The van der Waals surface area contributed by atoms with Crippen LogP contribution in [0, 0.1) is 11.8 Å². The molecule has 0 unspecified atom stereocenters. The van der Waals surface area contributed by atoms with Gasteiger partial charge >= 0.3 is 6.09 Å². The smallest absolute Gasteiger partial charge is 0.410 e. The Kier molecular flexibility index (Phi) is 6.60. The van der Waals surface area contributed by atoms with E-state index in [1.54, 1.807) is 0 Å². The van der Waals surface area contributed by atoms with Crippen molar-refractivity contribution >= 4 is 24.4 Å². The summed E-state index contributed by atoms with van der Waals surface area (Å²) in [5, 5.41) is 0. The van der Waals surface area contributed by atoms with Gasteiger partial charge in [-0.3, -0.25) is 4.79 Å². The summed E-state index contributed by atoms with van der Waals surface area (Å²) in [4.78, 5) is 28.4.